The van der Waals surface area contributed by atoms with Gasteiger partial charge in [-0.05, 0) is 30.0 Å². The number of carboxylic acids is 1. The first-order valence-corrected chi connectivity index (χ1v) is 7.14. The molecule has 0 atom stereocenters. The average molecular weight is 292 g/mol. The summed E-state index contributed by atoms with van der Waals surface area (Å²) in [4.78, 5) is 10.8. The van der Waals surface area contributed by atoms with Crippen molar-refractivity contribution in [1.82, 2.24) is 10.2 Å². The van der Waals surface area contributed by atoms with E-state index in [9.17, 15) is 4.79 Å². The zero-order valence-electron chi connectivity index (χ0n) is 12.0. The maximum Gasteiger partial charge on any atom is 0.353 e. The molecule has 2 N–H and O–H groups in total. The number of H-pyrrole nitrogens is 1. The highest BCUT2D eigenvalue weighted by Gasteiger charge is 2.09. The molecular weight excluding hydrogens is 276 g/mol. The van der Waals surface area contributed by atoms with Crippen molar-refractivity contribution < 1.29 is 9.90 Å². The van der Waals surface area contributed by atoms with Crippen LogP contribution in [0.5, 0.6) is 0 Å². The van der Waals surface area contributed by atoms with Crippen LogP contribution in [0.25, 0.3) is 11.3 Å². The van der Waals surface area contributed by atoms with Gasteiger partial charge in [-0.3, -0.25) is 5.10 Å². The standard InChI is InChI=1S/C18H16N2O2/c21-18(22)17-12-16(19-20-17)15-10-8-14(9-11-15)7-6-13-4-2-1-3-5-13/h1-5,8-12H,6-7H2,(H,19,20)(H,21,22). The highest BCUT2D eigenvalue weighted by molar-refractivity contribution is 5.86. The SMILES string of the molecule is O=C(O)c1cc(-c2ccc(CCc3ccccc3)cc2)n[nH]1. The van der Waals surface area contributed by atoms with Crippen molar-refractivity contribution in [2.75, 3.05) is 0 Å². The van der Waals surface area contributed by atoms with Crippen LogP contribution in [0.1, 0.15) is 21.6 Å². The molecule has 0 fully saturated rings. The second-order valence-electron chi connectivity index (χ2n) is 5.15. The Kier molecular flexibility index (Phi) is 4.01. The van der Waals surface area contributed by atoms with Gasteiger partial charge in [0.15, 0.2) is 0 Å². The van der Waals surface area contributed by atoms with Crippen molar-refractivity contribution >= 4 is 5.97 Å². The first-order chi connectivity index (χ1) is 10.7. The maximum atomic E-state index is 10.8. The second kappa shape index (κ2) is 6.26. The first kappa shape index (κ1) is 14.1. The van der Waals surface area contributed by atoms with Crippen molar-refractivity contribution in [3.05, 3.63) is 77.5 Å². The number of aromatic carboxylic acids is 1. The van der Waals surface area contributed by atoms with Gasteiger partial charge >= 0.3 is 5.97 Å². The maximum absolute atomic E-state index is 10.8. The molecule has 0 bridgehead atoms. The van der Waals surface area contributed by atoms with E-state index in [-0.39, 0.29) is 5.69 Å². The van der Waals surface area contributed by atoms with E-state index in [0.717, 1.165) is 18.4 Å². The predicted molar refractivity (Wildman–Crippen MR) is 84.8 cm³/mol. The third-order valence-electron chi connectivity index (χ3n) is 3.60. The number of aryl methyl sites for hydroxylation is 2. The highest BCUT2D eigenvalue weighted by atomic mass is 16.4. The lowest BCUT2D eigenvalue weighted by atomic mass is 10.0. The molecule has 0 unspecified atom stereocenters. The van der Waals surface area contributed by atoms with Gasteiger partial charge in [0.05, 0.1) is 5.69 Å². The van der Waals surface area contributed by atoms with Gasteiger partial charge in [-0.25, -0.2) is 4.79 Å². The van der Waals surface area contributed by atoms with Gasteiger partial charge in [0.2, 0.25) is 0 Å². The Morgan fingerprint density at radius 3 is 2.18 bits per heavy atom. The quantitative estimate of drug-likeness (QED) is 0.755. The molecule has 1 aromatic heterocycles. The minimum Gasteiger partial charge on any atom is -0.477 e. The molecule has 4 heteroatoms. The smallest absolute Gasteiger partial charge is 0.353 e. The fourth-order valence-electron chi connectivity index (χ4n) is 2.35. The summed E-state index contributed by atoms with van der Waals surface area (Å²) in [6, 6.07) is 20.0. The monoisotopic (exact) mass is 292 g/mol. The van der Waals surface area contributed by atoms with Crippen LogP contribution in [0.2, 0.25) is 0 Å². The number of nitrogens with one attached hydrogen (secondary N) is 1. The van der Waals surface area contributed by atoms with Crippen LogP contribution in [0, 0.1) is 0 Å². The van der Waals surface area contributed by atoms with Gasteiger partial charge in [0.25, 0.3) is 0 Å². The molecule has 0 saturated carbocycles. The van der Waals surface area contributed by atoms with Crippen LogP contribution in [0.3, 0.4) is 0 Å². The summed E-state index contributed by atoms with van der Waals surface area (Å²) < 4.78 is 0. The van der Waals surface area contributed by atoms with E-state index in [1.54, 1.807) is 6.07 Å². The van der Waals surface area contributed by atoms with Crippen molar-refractivity contribution in [3.8, 4) is 11.3 Å². The topological polar surface area (TPSA) is 66.0 Å². The first-order valence-electron chi connectivity index (χ1n) is 7.14. The fourth-order valence-corrected chi connectivity index (χ4v) is 2.35. The van der Waals surface area contributed by atoms with Crippen LogP contribution in [-0.2, 0) is 12.8 Å². The highest BCUT2D eigenvalue weighted by Crippen LogP contribution is 2.19. The summed E-state index contributed by atoms with van der Waals surface area (Å²) >= 11 is 0. The zero-order chi connectivity index (χ0) is 15.4. The van der Waals surface area contributed by atoms with E-state index in [1.807, 2.05) is 18.2 Å². The molecule has 3 rings (SSSR count). The number of hydrogen-bond acceptors (Lipinski definition) is 2. The van der Waals surface area contributed by atoms with Gasteiger partial charge in [0.1, 0.15) is 5.69 Å². The molecule has 0 aliphatic heterocycles. The van der Waals surface area contributed by atoms with Gasteiger partial charge in [-0.1, -0.05) is 54.6 Å². The molecule has 1 heterocycles. The molecule has 0 aliphatic rings. The molecule has 110 valence electrons. The minimum atomic E-state index is -1.00. The molecule has 2 aromatic carbocycles. The van der Waals surface area contributed by atoms with Crippen LogP contribution >= 0.6 is 0 Å². The Hall–Kier alpha value is -2.88. The molecule has 0 radical (unpaired) electrons. The molecular formula is C18H16N2O2. The number of aromatic amines is 1. The molecule has 0 amide bonds. The number of aromatic nitrogens is 2. The third-order valence-corrected chi connectivity index (χ3v) is 3.60. The van der Waals surface area contributed by atoms with Gasteiger partial charge in [-0.2, -0.15) is 5.10 Å². The van der Waals surface area contributed by atoms with E-state index in [2.05, 4.69) is 46.6 Å². The zero-order valence-corrected chi connectivity index (χ0v) is 12.0. The summed E-state index contributed by atoms with van der Waals surface area (Å²) in [7, 11) is 0. The molecule has 0 aliphatic carbocycles. The molecule has 4 nitrogen and oxygen atoms in total. The number of nitrogens with zero attached hydrogens (tertiary/aromatic N) is 1. The van der Waals surface area contributed by atoms with Crippen molar-refractivity contribution in [1.29, 1.82) is 0 Å². The van der Waals surface area contributed by atoms with Crippen LogP contribution in [0.15, 0.2) is 60.7 Å². The number of carbonyl (C=O) groups is 1. The summed E-state index contributed by atoms with van der Waals surface area (Å²) in [5.74, 6) is -1.00. The number of benzene rings is 2. The third kappa shape index (κ3) is 3.23. The Morgan fingerprint density at radius 1 is 0.955 bits per heavy atom. The lowest BCUT2D eigenvalue weighted by molar-refractivity contribution is 0.0690. The van der Waals surface area contributed by atoms with E-state index >= 15 is 0 Å². The van der Waals surface area contributed by atoms with E-state index in [1.165, 1.54) is 11.1 Å². The summed E-state index contributed by atoms with van der Waals surface area (Å²) in [6.07, 6.45) is 1.98. The van der Waals surface area contributed by atoms with Crippen molar-refractivity contribution in [2.45, 2.75) is 12.8 Å². The number of hydrogen-bond donors (Lipinski definition) is 2. The minimum absolute atomic E-state index is 0.100. The Bertz CT molecular complexity index is 761. The van der Waals surface area contributed by atoms with E-state index < -0.39 is 5.97 Å². The van der Waals surface area contributed by atoms with Crippen LogP contribution in [-0.4, -0.2) is 21.3 Å². The summed E-state index contributed by atoms with van der Waals surface area (Å²) in [5, 5.41) is 15.4. The Labute approximate surface area is 128 Å². The van der Waals surface area contributed by atoms with E-state index in [4.69, 9.17) is 5.11 Å². The average Bonchev–Trinajstić information content (AvgIpc) is 3.05. The van der Waals surface area contributed by atoms with Gasteiger partial charge < -0.3 is 5.11 Å². The number of rotatable bonds is 5. The molecule has 0 spiro atoms. The fraction of sp³-hybridized carbons (Fsp3) is 0.111. The lowest BCUT2D eigenvalue weighted by Gasteiger charge is -2.03. The van der Waals surface area contributed by atoms with Crippen molar-refractivity contribution in [2.24, 2.45) is 0 Å². The van der Waals surface area contributed by atoms with Gasteiger partial charge in [-0.15, -0.1) is 0 Å². The normalized spacial score (nSPS) is 10.5. The Balaban J connectivity index is 1.68. The van der Waals surface area contributed by atoms with E-state index in [0.29, 0.717) is 5.69 Å². The molecule has 3 aromatic rings. The predicted octanol–water partition coefficient (Wildman–Crippen LogP) is 3.56. The summed E-state index contributed by atoms with van der Waals surface area (Å²) in [6.45, 7) is 0. The second-order valence-corrected chi connectivity index (χ2v) is 5.15. The van der Waals surface area contributed by atoms with Gasteiger partial charge in [0, 0.05) is 5.56 Å². The molecule has 0 saturated heterocycles. The number of carboxylic acid groups (broad SMARTS) is 1. The Morgan fingerprint density at radius 2 is 1.59 bits per heavy atom. The van der Waals surface area contributed by atoms with Crippen LogP contribution in [0.4, 0.5) is 0 Å². The van der Waals surface area contributed by atoms with Crippen LogP contribution < -0.4 is 0 Å². The lowest BCUT2D eigenvalue weighted by Crippen LogP contribution is -1.95. The summed E-state index contributed by atoms with van der Waals surface area (Å²) in [5.41, 5.74) is 4.23. The molecule has 22 heavy (non-hydrogen) atoms. The van der Waals surface area contributed by atoms with Crippen molar-refractivity contribution in [3.63, 3.8) is 0 Å². The largest absolute Gasteiger partial charge is 0.477 e.